The summed E-state index contributed by atoms with van der Waals surface area (Å²) in [4.78, 5) is 24.3. The minimum Gasteiger partial charge on any atom is -0.354 e. The maximum absolute atomic E-state index is 12.3. The van der Waals surface area contributed by atoms with Crippen LogP contribution in [0.5, 0.6) is 0 Å². The number of hydrogen-bond acceptors (Lipinski definition) is 3. The third-order valence-electron chi connectivity index (χ3n) is 6.79. The van der Waals surface area contributed by atoms with Crippen molar-refractivity contribution in [2.45, 2.75) is 96.8 Å². The maximum Gasteiger partial charge on any atom is 0.220 e. The van der Waals surface area contributed by atoms with Gasteiger partial charge in [0.05, 0.1) is 0 Å². The van der Waals surface area contributed by atoms with E-state index in [2.05, 4.69) is 90.5 Å². The summed E-state index contributed by atoms with van der Waals surface area (Å²) < 4.78 is 0. The summed E-state index contributed by atoms with van der Waals surface area (Å²) in [6, 6.07) is 0. The Kier molecular flexibility index (Phi) is 20.6. The van der Waals surface area contributed by atoms with Gasteiger partial charge in [-0.3, -0.25) is 9.59 Å². The quantitative estimate of drug-likeness (QED) is 0.119. The molecule has 0 saturated heterocycles. The van der Waals surface area contributed by atoms with Gasteiger partial charge in [0.2, 0.25) is 11.8 Å². The van der Waals surface area contributed by atoms with Gasteiger partial charge >= 0.3 is 0 Å². The lowest BCUT2D eigenvalue weighted by molar-refractivity contribution is -0.124. The Hall–Kier alpha value is -2.66. The van der Waals surface area contributed by atoms with Gasteiger partial charge in [-0.2, -0.15) is 0 Å². The van der Waals surface area contributed by atoms with Crippen LogP contribution in [-0.2, 0) is 9.59 Å². The molecule has 0 aliphatic heterocycles. The molecule has 0 heterocycles. The monoisotopic (exact) mass is 523 g/mol. The van der Waals surface area contributed by atoms with Gasteiger partial charge in [0.1, 0.15) is 0 Å². The molecule has 1 fully saturated rings. The van der Waals surface area contributed by atoms with E-state index in [9.17, 15) is 9.59 Å². The molecule has 2 amide bonds. The zero-order valence-corrected chi connectivity index (χ0v) is 23.8. The average molecular weight is 524 g/mol. The standard InChI is InChI=1S/C33H53N3O2/c1-2-3-4-5-6-7-8-9-10-11-12-13-14-15-16-17-18-19-21-24-31(37)35-27-28-36-32(38)29-33(30-34)25-22-20-23-26-33/h3-4,6-7,9-10,12-13,15-16,18-19H,2,5,8,11,14,17,20-30,34H2,1H3,(H,35,37)(H,36,38)/b4-3-,7-6-,10-9-,13-12-,16-15-,19-18-. The van der Waals surface area contributed by atoms with Crippen LogP contribution in [-0.4, -0.2) is 31.4 Å². The molecule has 1 aliphatic rings. The number of hydrogen-bond donors (Lipinski definition) is 3. The summed E-state index contributed by atoms with van der Waals surface area (Å²) in [6.45, 7) is 3.65. The summed E-state index contributed by atoms with van der Waals surface area (Å²) in [6.07, 6.45) is 39.4. The predicted molar refractivity (Wildman–Crippen MR) is 163 cm³/mol. The lowest BCUT2D eigenvalue weighted by Crippen LogP contribution is -2.40. The van der Waals surface area contributed by atoms with Gasteiger partial charge in [0, 0.05) is 25.9 Å². The number of nitrogens with one attached hydrogen (secondary N) is 2. The Morgan fingerprint density at radius 3 is 1.58 bits per heavy atom. The van der Waals surface area contributed by atoms with E-state index in [4.69, 9.17) is 5.73 Å². The zero-order valence-electron chi connectivity index (χ0n) is 23.8. The highest BCUT2D eigenvalue weighted by Gasteiger charge is 2.32. The van der Waals surface area contributed by atoms with Crippen LogP contribution in [0.3, 0.4) is 0 Å². The van der Waals surface area contributed by atoms with E-state index in [0.29, 0.717) is 32.5 Å². The van der Waals surface area contributed by atoms with E-state index < -0.39 is 0 Å². The Balaban J connectivity index is 1.98. The van der Waals surface area contributed by atoms with Gasteiger partial charge in [-0.1, -0.05) is 99.1 Å². The number of carbonyl (C=O) groups excluding carboxylic acids is 2. The minimum atomic E-state index is -0.0233. The van der Waals surface area contributed by atoms with E-state index in [1.54, 1.807) is 0 Å². The van der Waals surface area contributed by atoms with Crippen LogP contribution in [0.15, 0.2) is 72.9 Å². The van der Waals surface area contributed by atoms with Gasteiger partial charge in [-0.05, 0) is 69.7 Å². The van der Waals surface area contributed by atoms with Crippen molar-refractivity contribution in [2.24, 2.45) is 11.1 Å². The van der Waals surface area contributed by atoms with Crippen molar-refractivity contribution in [3.8, 4) is 0 Å². The van der Waals surface area contributed by atoms with Crippen LogP contribution in [0.25, 0.3) is 0 Å². The number of rotatable bonds is 20. The molecule has 0 aromatic heterocycles. The van der Waals surface area contributed by atoms with E-state index in [0.717, 1.165) is 70.6 Å². The zero-order chi connectivity index (χ0) is 27.6. The Morgan fingerprint density at radius 2 is 1.11 bits per heavy atom. The Labute approximate surface area is 232 Å². The maximum atomic E-state index is 12.3. The first-order chi connectivity index (χ1) is 18.6. The lowest BCUT2D eigenvalue weighted by atomic mass is 9.71. The van der Waals surface area contributed by atoms with Crippen LogP contribution < -0.4 is 16.4 Å². The molecule has 0 aromatic carbocycles. The van der Waals surface area contributed by atoms with Crippen LogP contribution >= 0.6 is 0 Å². The third-order valence-corrected chi connectivity index (χ3v) is 6.79. The lowest BCUT2D eigenvalue weighted by Gasteiger charge is -2.35. The molecule has 0 radical (unpaired) electrons. The second-order valence-corrected chi connectivity index (χ2v) is 10.1. The molecule has 1 rings (SSSR count). The predicted octanol–water partition coefficient (Wildman–Crippen LogP) is 7.00. The van der Waals surface area contributed by atoms with Crippen molar-refractivity contribution < 1.29 is 9.59 Å². The highest BCUT2D eigenvalue weighted by atomic mass is 16.2. The molecule has 0 bridgehead atoms. The molecule has 5 heteroatoms. The average Bonchev–Trinajstić information content (AvgIpc) is 2.93. The summed E-state index contributed by atoms with van der Waals surface area (Å²) in [5.74, 6) is 0.0639. The second-order valence-electron chi connectivity index (χ2n) is 10.1. The highest BCUT2D eigenvalue weighted by molar-refractivity contribution is 5.77. The molecule has 1 saturated carbocycles. The van der Waals surface area contributed by atoms with Gasteiger partial charge in [-0.15, -0.1) is 0 Å². The largest absolute Gasteiger partial charge is 0.354 e. The van der Waals surface area contributed by atoms with Gasteiger partial charge in [0.25, 0.3) is 0 Å². The first-order valence-corrected chi connectivity index (χ1v) is 14.8. The van der Waals surface area contributed by atoms with Crippen LogP contribution in [0, 0.1) is 5.41 Å². The first-order valence-electron chi connectivity index (χ1n) is 14.8. The van der Waals surface area contributed by atoms with Crippen molar-refractivity contribution >= 4 is 11.8 Å². The van der Waals surface area contributed by atoms with E-state index in [1.807, 2.05) is 0 Å². The van der Waals surface area contributed by atoms with E-state index >= 15 is 0 Å². The van der Waals surface area contributed by atoms with Gasteiger partial charge in [-0.25, -0.2) is 0 Å². The van der Waals surface area contributed by atoms with Crippen molar-refractivity contribution in [3.63, 3.8) is 0 Å². The van der Waals surface area contributed by atoms with Crippen molar-refractivity contribution in [2.75, 3.05) is 19.6 Å². The highest BCUT2D eigenvalue weighted by Crippen LogP contribution is 2.38. The Morgan fingerprint density at radius 1 is 0.658 bits per heavy atom. The van der Waals surface area contributed by atoms with Crippen LogP contribution in [0.1, 0.15) is 96.8 Å². The molecular weight excluding hydrogens is 470 g/mol. The van der Waals surface area contributed by atoms with Gasteiger partial charge < -0.3 is 16.4 Å². The molecular formula is C33H53N3O2. The smallest absolute Gasteiger partial charge is 0.220 e. The fourth-order valence-electron chi connectivity index (χ4n) is 4.50. The minimum absolute atomic E-state index is 0.0180. The fourth-order valence-corrected chi connectivity index (χ4v) is 4.50. The SMILES string of the molecule is CC/C=C\C/C=C\C/C=C\C/C=C\C/C=C\C/C=C\CCC(=O)NCCNC(=O)CC1(CN)CCCCC1. The fraction of sp³-hybridized carbons (Fsp3) is 0.576. The summed E-state index contributed by atoms with van der Waals surface area (Å²) in [5, 5.41) is 5.81. The summed E-state index contributed by atoms with van der Waals surface area (Å²) in [5.41, 5.74) is 5.95. The van der Waals surface area contributed by atoms with Crippen molar-refractivity contribution in [1.29, 1.82) is 0 Å². The number of allylic oxidation sites excluding steroid dienone is 12. The second kappa shape index (κ2) is 23.5. The molecule has 5 nitrogen and oxygen atoms in total. The number of nitrogens with two attached hydrogens (primary N) is 1. The van der Waals surface area contributed by atoms with Gasteiger partial charge in [0.15, 0.2) is 0 Å². The molecule has 1 aliphatic carbocycles. The number of amides is 2. The molecule has 0 spiro atoms. The first kappa shape index (κ1) is 33.4. The van der Waals surface area contributed by atoms with E-state index in [1.165, 1.54) is 6.42 Å². The molecule has 0 atom stereocenters. The summed E-state index contributed by atoms with van der Waals surface area (Å²) >= 11 is 0. The molecule has 0 aromatic rings. The molecule has 38 heavy (non-hydrogen) atoms. The van der Waals surface area contributed by atoms with E-state index in [-0.39, 0.29) is 17.2 Å². The van der Waals surface area contributed by atoms with Crippen LogP contribution in [0.2, 0.25) is 0 Å². The molecule has 0 unspecified atom stereocenters. The topological polar surface area (TPSA) is 84.2 Å². The Bertz CT molecular complexity index is 799. The van der Waals surface area contributed by atoms with Crippen molar-refractivity contribution in [3.05, 3.63) is 72.9 Å². The van der Waals surface area contributed by atoms with Crippen LogP contribution in [0.4, 0.5) is 0 Å². The summed E-state index contributed by atoms with van der Waals surface area (Å²) in [7, 11) is 0. The third kappa shape index (κ3) is 18.6. The number of carbonyl (C=O) groups is 2. The normalized spacial score (nSPS) is 16.2. The van der Waals surface area contributed by atoms with Crippen molar-refractivity contribution in [1.82, 2.24) is 10.6 Å². The molecule has 212 valence electrons. The molecule has 4 N–H and O–H groups in total.